The zero-order chi connectivity index (χ0) is 22.9. The van der Waals surface area contributed by atoms with Gasteiger partial charge in [0.05, 0.1) is 17.6 Å². The molecule has 1 saturated carbocycles. The topological polar surface area (TPSA) is 79.2 Å². The van der Waals surface area contributed by atoms with Gasteiger partial charge in [0.25, 0.3) is 5.91 Å². The van der Waals surface area contributed by atoms with E-state index < -0.39 is 0 Å². The second-order valence-corrected chi connectivity index (χ2v) is 9.27. The minimum atomic E-state index is 0.0868. The molecular formula is C25H31N7O. The molecule has 0 bridgehead atoms. The van der Waals surface area contributed by atoms with Crippen molar-refractivity contribution in [2.75, 3.05) is 32.5 Å². The van der Waals surface area contributed by atoms with Crippen molar-refractivity contribution in [1.82, 2.24) is 29.3 Å². The summed E-state index contributed by atoms with van der Waals surface area (Å²) < 4.78 is 2.30. The third kappa shape index (κ3) is 4.35. The van der Waals surface area contributed by atoms with Crippen LogP contribution < -0.4 is 5.32 Å². The molecule has 1 aromatic carbocycles. The highest BCUT2D eigenvalue weighted by molar-refractivity contribution is 5.94. The van der Waals surface area contributed by atoms with E-state index in [1.54, 1.807) is 6.20 Å². The first-order valence-corrected chi connectivity index (χ1v) is 11.7. The Labute approximate surface area is 194 Å². The van der Waals surface area contributed by atoms with Gasteiger partial charge in [0.2, 0.25) is 5.95 Å². The van der Waals surface area contributed by atoms with Crippen molar-refractivity contribution >= 4 is 17.5 Å². The summed E-state index contributed by atoms with van der Waals surface area (Å²) in [6.07, 6.45) is 8.34. The number of rotatable bonds is 6. The number of carbonyl (C=O) groups excluding carboxylic acids is 1. The number of imidazole rings is 1. The summed E-state index contributed by atoms with van der Waals surface area (Å²) in [6.45, 7) is 3.64. The predicted octanol–water partition coefficient (Wildman–Crippen LogP) is 3.89. The van der Waals surface area contributed by atoms with Gasteiger partial charge in [-0.05, 0) is 77.0 Å². The van der Waals surface area contributed by atoms with Gasteiger partial charge in [0.15, 0.2) is 0 Å². The Morgan fingerprint density at radius 1 is 1.09 bits per heavy atom. The molecule has 3 heterocycles. The quantitative estimate of drug-likeness (QED) is 0.620. The number of benzene rings is 1. The van der Waals surface area contributed by atoms with E-state index in [2.05, 4.69) is 38.8 Å². The predicted molar refractivity (Wildman–Crippen MR) is 129 cm³/mol. The third-order valence-corrected chi connectivity index (χ3v) is 6.91. The lowest BCUT2D eigenvalue weighted by atomic mass is 9.92. The fraction of sp³-hybridized carbons (Fsp3) is 0.440. The number of aryl methyl sites for hydroxylation is 1. The van der Waals surface area contributed by atoms with Crippen LogP contribution in [0.2, 0.25) is 0 Å². The minimum absolute atomic E-state index is 0.0868. The summed E-state index contributed by atoms with van der Waals surface area (Å²) in [5.74, 6) is 1.64. The molecule has 2 fully saturated rings. The molecule has 5 rings (SSSR count). The molecule has 8 nitrogen and oxygen atoms in total. The number of likely N-dealkylation sites (tertiary alicyclic amines) is 1. The Morgan fingerprint density at radius 2 is 1.88 bits per heavy atom. The largest absolute Gasteiger partial charge is 0.337 e. The maximum Gasteiger partial charge on any atom is 0.253 e. The van der Waals surface area contributed by atoms with Crippen molar-refractivity contribution in [2.24, 2.45) is 0 Å². The van der Waals surface area contributed by atoms with Crippen LogP contribution in [0.4, 0.5) is 11.6 Å². The summed E-state index contributed by atoms with van der Waals surface area (Å²) >= 11 is 0. The lowest BCUT2D eigenvalue weighted by Gasteiger charge is -2.29. The van der Waals surface area contributed by atoms with E-state index in [1.165, 1.54) is 19.3 Å². The second-order valence-electron chi connectivity index (χ2n) is 9.27. The Morgan fingerprint density at radius 3 is 2.55 bits per heavy atom. The van der Waals surface area contributed by atoms with Gasteiger partial charge in [-0.15, -0.1) is 0 Å². The highest BCUT2D eigenvalue weighted by Crippen LogP contribution is 2.36. The summed E-state index contributed by atoms with van der Waals surface area (Å²) in [6, 6.07) is 10.4. The van der Waals surface area contributed by atoms with Crippen LogP contribution >= 0.6 is 0 Å². The molecule has 1 aliphatic heterocycles. The molecule has 0 spiro atoms. The van der Waals surface area contributed by atoms with Crippen molar-refractivity contribution in [2.45, 2.75) is 44.7 Å². The zero-order valence-electron chi connectivity index (χ0n) is 19.5. The zero-order valence-corrected chi connectivity index (χ0v) is 19.5. The third-order valence-electron chi connectivity index (χ3n) is 6.91. The Kier molecular flexibility index (Phi) is 5.85. The Bertz CT molecular complexity index is 1130. The van der Waals surface area contributed by atoms with Crippen molar-refractivity contribution in [3.05, 3.63) is 54.1 Å². The Balaban J connectivity index is 1.28. The van der Waals surface area contributed by atoms with Crippen molar-refractivity contribution in [1.29, 1.82) is 0 Å². The molecule has 3 aromatic rings. The fourth-order valence-electron chi connectivity index (χ4n) is 4.67. The molecule has 1 atom stereocenters. The second kappa shape index (κ2) is 8.94. The summed E-state index contributed by atoms with van der Waals surface area (Å²) in [4.78, 5) is 30.6. The SMILES string of the molecule is Cc1ncc(-c2ccnc(Nc3ccc(C(=O)N4CC[C@H](N(C)C)C4)cc3)n2)n1C1CCC1. The van der Waals surface area contributed by atoms with Gasteiger partial charge in [0, 0.05) is 42.6 Å². The molecular weight excluding hydrogens is 414 g/mol. The van der Waals surface area contributed by atoms with E-state index in [1.807, 2.05) is 48.4 Å². The summed E-state index contributed by atoms with van der Waals surface area (Å²) in [7, 11) is 4.14. The molecule has 1 aliphatic carbocycles. The minimum Gasteiger partial charge on any atom is -0.337 e. The number of likely N-dealkylation sites (N-methyl/N-ethyl adjacent to an activating group) is 1. The first-order chi connectivity index (χ1) is 16.0. The van der Waals surface area contributed by atoms with Gasteiger partial charge < -0.3 is 19.7 Å². The number of nitrogens with zero attached hydrogens (tertiary/aromatic N) is 6. The van der Waals surface area contributed by atoms with Crippen LogP contribution in [0.15, 0.2) is 42.7 Å². The normalized spacial score (nSPS) is 18.5. The maximum absolute atomic E-state index is 12.9. The van der Waals surface area contributed by atoms with Gasteiger partial charge in [-0.3, -0.25) is 4.79 Å². The number of amides is 1. The summed E-state index contributed by atoms with van der Waals surface area (Å²) in [5, 5.41) is 3.27. The van der Waals surface area contributed by atoms with E-state index >= 15 is 0 Å². The highest BCUT2D eigenvalue weighted by Gasteiger charge is 2.28. The number of hydrogen-bond donors (Lipinski definition) is 1. The van der Waals surface area contributed by atoms with Crippen LogP contribution in [0.3, 0.4) is 0 Å². The number of nitrogens with one attached hydrogen (secondary N) is 1. The van der Waals surface area contributed by atoms with Crippen LogP contribution in [-0.2, 0) is 0 Å². The number of hydrogen-bond acceptors (Lipinski definition) is 6. The van der Waals surface area contributed by atoms with Gasteiger partial charge in [-0.1, -0.05) is 0 Å². The van der Waals surface area contributed by atoms with Crippen molar-refractivity contribution < 1.29 is 4.79 Å². The first kappa shape index (κ1) is 21.6. The first-order valence-electron chi connectivity index (χ1n) is 11.7. The van der Waals surface area contributed by atoms with E-state index in [-0.39, 0.29) is 5.91 Å². The maximum atomic E-state index is 12.9. The van der Waals surface area contributed by atoms with Crippen LogP contribution in [0.1, 0.15) is 47.9 Å². The molecule has 33 heavy (non-hydrogen) atoms. The van der Waals surface area contributed by atoms with Crippen LogP contribution in [0.25, 0.3) is 11.4 Å². The summed E-state index contributed by atoms with van der Waals surface area (Å²) in [5.41, 5.74) is 3.44. The lowest BCUT2D eigenvalue weighted by Crippen LogP contribution is -2.34. The number of aromatic nitrogens is 4. The number of carbonyl (C=O) groups is 1. The van der Waals surface area contributed by atoms with E-state index in [9.17, 15) is 4.79 Å². The molecule has 1 saturated heterocycles. The van der Waals surface area contributed by atoms with E-state index in [0.29, 0.717) is 23.6 Å². The van der Waals surface area contributed by atoms with Crippen molar-refractivity contribution in [3.8, 4) is 11.4 Å². The van der Waals surface area contributed by atoms with Crippen LogP contribution in [0, 0.1) is 6.92 Å². The van der Waals surface area contributed by atoms with Crippen LogP contribution in [0.5, 0.6) is 0 Å². The molecule has 8 heteroatoms. The van der Waals surface area contributed by atoms with Crippen molar-refractivity contribution in [3.63, 3.8) is 0 Å². The molecule has 1 amide bonds. The van der Waals surface area contributed by atoms with Gasteiger partial charge in [-0.25, -0.2) is 15.0 Å². The molecule has 2 aliphatic rings. The smallest absolute Gasteiger partial charge is 0.253 e. The van der Waals surface area contributed by atoms with Gasteiger partial charge in [-0.2, -0.15) is 0 Å². The lowest BCUT2D eigenvalue weighted by molar-refractivity contribution is 0.0783. The average molecular weight is 446 g/mol. The van der Waals surface area contributed by atoms with Crippen LogP contribution in [-0.4, -0.2) is 68.5 Å². The van der Waals surface area contributed by atoms with E-state index in [0.717, 1.165) is 42.4 Å². The van der Waals surface area contributed by atoms with Gasteiger partial charge in [0.1, 0.15) is 5.82 Å². The Hall–Kier alpha value is -3.26. The van der Waals surface area contributed by atoms with Gasteiger partial charge >= 0.3 is 0 Å². The standard InChI is InChI=1S/C25H31N7O/c1-17-27-15-23(32(17)20-5-4-6-20)22-11-13-26-25(29-22)28-19-9-7-18(8-10-19)24(33)31-14-12-21(16-31)30(2)3/h7-11,13,15,20-21H,4-6,12,14,16H2,1-3H3,(H,26,28,29)/t21-/m0/s1. The number of anilines is 2. The molecule has 1 N–H and O–H groups in total. The molecule has 0 radical (unpaired) electrons. The molecule has 2 aromatic heterocycles. The fourth-order valence-corrected chi connectivity index (χ4v) is 4.67. The molecule has 0 unspecified atom stereocenters. The monoisotopic (exact) mass is 445 g/mol. The highest BCUT2D eigenvalue weighted by atomic mass is 16.2. The van der Waals surface area contributed by atoms with E-state index in [4.69, 9.17) is 4.98 Å². The average Bonchev–Trinajstić information content (AvgIpc) is 3.41. The molecule has 172 valence electrons.